The first kappa shape index (κ1) is 25.1. The van der Waals surface area contributed by atoms with Gasteiger partial charge in [-0.3, -0.25) is 4.79 Å². The summed E-state index contributed by atoms with van der Waals surface area (Å²) in [6, 6.07) is 18.9. The highest BCUT2D eigenvalue weighted by atomic mass is 35.5. The maximum atomic E-state index is 12.8. The van der Waals surface area contributed by atoms with Crippen LogP contribution in [-0.4, -0.2) is 25.1 Å². The van der Waals surface area contributed by atoms with Gasteiger partial charge in [0, 0.05) is 21.8 Å². The van der Waals surface area contributed by atoms with Crippen LogP contribution in [0.25, 0.3) is 0 Å². The van der Waals surface area contributed by atoms with E-state index in [1.807, 2.05) is 19.9 Å². The van der Waals surface area contributed by atoms with Crippen LogP contribution in [0.4, 0.5) is 5.69 Å². The zero-order valence-corrected chi connectivity index (χ0v) is 20.1. The van der Waals surface area contributed by atoms with Crippen LogP contribution in [0.2, 0.25) is 5.02 Å². The maximum absolute atomic E-state index is 12.8. The third-order valence-electron chi connectivity index (χ3n) is 4.92. The highest BCUT2D eigenvalue weighted by molar-refractivity contribution is 6.30. The van der Waals surface area contributed by atoms with Crippen LogP contribution in [0.15, 0.2) is 66.7 Å². The second-order valence-electron chi connectivity index (χ2n) is 7.52. The van der Waals surface area contributed by atoms with E-state index in [9.17, 15) is 9.59 Å². The van der Waals surface area contributed by atoms with Crippen LogP contribution < -0.4 is 14.8 Å². The van der Waals surface area contributed by atoms with Gasteiger partial charge in [0.15, 0.2) is 0 Å². The Morgan fingerprint density at radius 3 is 2.38 bits per heavy atom. The predicted octanol–water partition coefficient (Wildman–Crippen LogP) is 6.53. The van der Waals surface area contributed by atoms with E-state index in [1.54, 1.807) is 60.7 Å². The van der Waals surface area contributed by atoms with E-state index >= 15 is 0 Å². The van der Waals surface area contributed by atoms with Gasteiger partial charge in [-0.2, -0.15) is 0 Å². The molecule has 0 bridgehead atoms. The van der Waals surface area contributed by atoms with Gasteiger partial charge < -0.3 is 19.5 Å². The van der Waals surface area contributed by atoms with Crippen molar-refractivity contribution in [2.45, 2.75) is 33.3 Å². The van der Waals surface area contributed by atoms with Crippen LogP contribution in [0.1, 0.15) is 53.0 Å². The smallest absolute Gasteiger partial charge is 0.338 e. The molecule has 0 aliphatic heterocycles. The second kappa shape index (κ2) is 12.7. The van der Waals surface area contributed by atoms with E-state index in [0.29, 0.717) is 46.5 Å². The van der Waals surface area contributed by atoms with E-state index in [2.05, 4.69) is 5.32 Å². The summed E-state index contributed by atoms with van der Waals surface area (Å²) in [6.45, 7) is 5.03. The molecule has 3 aromatic rings. The van der Waals surface area contributed by atoms with Gasteiger partial charge >= 0.3 is 5.97 Å². The van der Waals surface area contributed by atoms with Crippen LogP contribution in [-0.2, 0) is 11.3 Å². The normalized spacial score (nSPS) is 10.4. The zero-order valence-electron chi connectivity index (χ0n) is 19.3. The Hall–Kier alpha value is -3.51. The number of nitrogens with one attached hydrogen (secondary N) is 1. The fraction of sp³-hybridized carbons (Fsp3) is 0.259. The lowest BCUT2D eigenvalue weighted by atomic mass is 10.1. The Kier molecular flexibility index (Phi) is 9.35. The molecule has 34 heavy (non-hydrogen) atoms. The standard InChI is InChI=1S/C27H28ClNO5/c1-3-5-15-33-27(31)19-9-12-23(13-10-19)29-26(30)20-11-14-25(32-4-2)21(16-20)18-34-24-8-6-7-22(28)17-24/h6-14,16-17H,3-5,15,18H2,1-2H3,(H,29,30). The Labute approximate surface area is 204 Å². The molecule has 0 unspecified atom stereocenters. The Bertz CT molecular complexity index is 1110. The van der Waals surface area contributed by atoms with Gasteiger partial charge in [0.1, 0.15) is 18.1 Å². The summed E-state index contributed by atoms with van der Waals surface area (Å²) in [5.74, 6) is 0.609. The van der Waals surface area contributed by atoms with E-state index in [0.717, 1.165) is 18.4 Å². The predicted molar refractivity (Wildman–Crippen MR) is 133 cm³/mol. The molecule has 0 spiro atoms. The second-order valence-corrected chi connectivity index (χ2v) is 7.96. The molecule has 0 fully saturated rings. The van der Waals surface area contributed by atoms with E-state index in [-0.39, 0.29) is 18.5 Å². The fourth-order valence-corrected chi connectivity index (χ4v) is 3.31. The van der Waals surface area contributed by atoms with Crippen LogP contribution in [0.5, 0.6) is 11.5 Å². The fourth-order valence-electron chi connectivity index (χ4n) is 3.13. The zero-order chi connectivity index (χ0) is 24.3. The van der Waals surface area contributed by atoms with Crippen molar-refractivity contribution < 1.29 is 23.8 Å². The van der Waals surface area contributed by atoms with E-state index in [4.69, 9.17) is 25.8 Å². The molecule has 178 valence electrons. The summed E-state index contributed by atoms with van der Waals surface area (Å²) in [7, 11) is 0. The highest BCUT2D eigenvalue weighted by Crippen LogP contribution is 2.25. The number of carbonyl (C=O) groups is 2. The van der Waals surface area contributed by atoms with E-state index < -0.39 is 0 Å². The molecule has 0 saturated carbocycles. The van der Waals surface area contributed by atoms with Crippen molar-refractivity contribution in [1.29, 1.82) is 0 Å². The minimum Gasteiger partial charge on any atom is -0.493 e. The molecule has 0 aliphatic rings. The summed E-state index contributed by atoms with van der Waals surface area (Å²) in [5.41, 5.74) is 2.20. The van der Waals surface area contributed by atoms with Crippen molar-refractivity contribution in [2.75, 3.05) is 18.5 Å². The van der Waals surface area contributed by atoms with Gasteiger partial charge in [-0.1, -0.05) is 31.0 Å². The molecule has 0 aliphatic carbocycles. The van der Waals surface area contributed by atoms with Gasteiger partial charge in [-0.15, -0.1) is 0 Å². The minimum atomic E-state index is -0.373. The summed E-state index contributed by atoms with van der Waals surface area (Å²) in [6.07, 6.45) is 1.78. The number of carbonyl (C=O) groups excluding carboxylic acids is 2. The molecule has 7 heteroatoms. The Balaban J connectivity index is 1.68. The monoisotopic (exact) mass is 481 g/mol. The lowest BCUT2D eigenvalue weighted by Gasteiger charge is -2.14. The summed E-state index contributed by atoms with van der Waals surface area (Å²) >= 11 is 6.02. The topological polar surface area (TPSA) is 73.9 Å². The summed E-state index contributed by atoms with van der Waals surface area (Å²) in [4.78, 5) is 24.9. The van der Waals surface area contributed by atoms with Crippen molar-refractivity contribution in [3.63, 3.8) is 0 Å². The van der Waals surface area contributed by atoms with Crippen molar-refractivity contribution in [3.8, 4) is 11.5 Å². The maximum Gasteiger partial charge on any atom is 0.338 e. The molecule has 3 aromatic carbocycles. The summed E-state index contributed by atoms with van der Waals surface area (Å²) < 4.78 is 16.7. The molecule has 3 rings (SSSR count). The first-order chi connectivity index (χ1) is 16.5. The molecule has 1 amide bonds. The van der Waals surface area contributed by atoms with Crippen molar-refractivity contribution in [2.24, 2.45) is 0 Å². The number of hydrogen-bond donors (Lipinski definition) is 1. The molecule has 0 heterocycles. The largest absolute Gasteiger partial charge is 0.493 e. The van der Waals surface area contributed by atoms with Crippen molar-refractivity contribution >= 4 is 29.2 Å². The van der Waals surface area contributed by atoms with Crippen molar-refractivity contribution in [1.82, 2.24) is 0 Å². The molecule has 0 saturated heterocycles. The average molecular weight is 482 g/mol. The first-order valence-corrected chi connectivity index (χ1v) is 11.6. The number of amides is 1. The number of esters is 1. The third-order valence-corrected chi connectivity index (χ3v) is 5.16. The number of unbranched alkanes of at least 4 members (excludes halogenated alkanes) is 1. The Morgan fingerprint density at radius 2 is 1.68 bits per heavy atom. The van der Waals surface area contributed by atoms with Gasteiger partial charge in [0.2, 0.25) is 0 Å². The SMILES string of the molecule is CCCCOC(=O)c1ccc(NC(=O)c2ccc(OCC)c(COc3cccc(Cl)c3)c2)cc1. The molecule has 0 aromatic heterocycles. The van der Waals surface area contributed by atoms with Crippen LogP contribution in [0, 0.1) is 0 Å². The number of ether oxygens (including phenoxy) is 3. The number of anilines is 1. The number of benzene rings is 3. The number of hydrogen-bond acceptors (Lipinski definition) is 5. The van der Waals surface area contributed by atoms with Crippen LogP contribution >= 0.6 is 11.6 Å². The molecular formula is C27H28ClNO5. The lowest BCUT2D eigenvalue weighted by molar-refractivity contribution is 0.0499. The number of halogens is 1. The number of rotatable bonds is 11. The van der Waals surface area contributed by atoms with Crippen molar-refractivity contribution in [3.05, 3.63) is 88.4 Å². The Morgan fingerprint density at radius 1 is 0.912 bits per heavy atom. The van der Waals surface area contributed by atoms with Gasteiger partial charge in [0.05, 0.1) is 18.8 Å². The molecule has 6 nitrogen and oxygen atoms in total. The average Bonchev–Trinajstić information content (AvgIpc) is 2.84. The molecule has 0 atom stereocenters. The lowest BCUT2D eigenvalue weighted by Crippen LogP contribution is -2.13. The minimum absolute atomic E-state index is 0.214. The third kappa shape index (κ3) is 7.25. The molecular weight excluding hydrogens is 454 g/mol. The van der Waals surface area contributed by atoms with Gasteiger partial charge in [0.25, 0.3) is 5.91 Å². The van der Waals surface area contributed by atoms with Crippen LogP contribution in [0.3, 0.4) is 0 Å². The summed E-state index contributed by atoms with van der Waals surface area (Å²) in [5, 5.41) is 3.43. The molecule has 1 N–H and O–H groups in total. The first-order valence-electron chi connectivity index (χ1n) is 11.2. The highest BCUT2D eigenvalue weighted by Gasteiger charge is 2.13. The van der Waals surface area contributed by atoms with Gasteiger partial charge in [-0.05, 0) is 74.0 Å². The van der Waals surface area contributed by atoms with E-state index in [1.165, 1.54) is 0 Å². The quantitative estimate of drug-likeness (QED) is 0.249. The van der Waals surface area contributed by atoms with Gasteiger partial charge in [-0.25, -0.2) is 4.79 Å². The molecule has 0 radical (unpaired) electrons.